The number of aryl methyl sites for hydroxylation is 1. The first-order valence-corrected chi connectivity index (χ1v) is 8.21. The maximum absolute atomic E-state index is 12.3. The Balaban J connectivity index is 2.00. The Labute approximate surface area is 155 Å². The van der Waals surface area contributed by atoms with Gasteiger partial charge in [-0.05, 0) is 43.2 Å². The number of carbonyl (C=O) groups excluding carboxylic acids is 2. The van der Waals surface area contributed by atoms with Crippen molar-refractivity contribution in [1.29, 1.82) is 0 Å². The van der Waals surface area contributed by atoms with E-state index in [1.807, 2.05) is 31.3 Å². The zero-order chi connectivity index (χ0) is 20.0. The summed E-state index contributed by atoms with van der Waals surface area (Å²) < 4.78 is 36.8. The van der Waals surface area contributed by atoms with Crippen molar-refractivity contribution in [2.75, 3.05) is 23.7 Å². The van der Waals surface area contributed by atoms with Crippen molar-refractivity contribution in [1.82, 2.24) is 5.32 Å². The number of amides is 2. The van der Waals surface area contributed by atoms with Gasteiger partial charge in [-0.1, -0.05) is 24.3 Å². The van der Waals surface area contributed by atoms with E-state index >= 15 is 0 Å². The molecule has 0 fully saturated rings. The summed E-state index contributed by atoms with van der Waals surface area (Å²) in [7, 11) is 0. The zero-order valence-electron chi connectivity index (χ0n) is 14.9. The molecule has 0 saturated heterocycles. The van der Waals surface area contributed by atoms with Gasteiger partial charge in [0.2, 0.25) is 5.91 Å². The average molecular weight is 379 g/mol. The van der Waals surface area contributed by atoms with Gasteiger partial charge in [0.1, 0.15) is 6.54 Å². The minimum Gasteiger partial charge on any atom is -0.376 e. The van der Waals surface area contributed by atoms with E-state index in [1.54, 1.807) is 12.1 Å². The first kappa shape index (κ1) is 20.3. The number of hydrogen-bond acceptors (Lipinski definition) is 3. The summed E-state index contributed by atoms with van der Waals surface area (Å²) in [5.74, 6) is -1.21. The number of hydrogen-bond donors (Lipinski definition) is 3. The van der Waals surface area contributed by atoms with Crippen molar-refractivity contribution >= 4 is 23.2 Å². The molecule has 0 aromatic heterocycles. The van der Waals surface area contributed by atoms with E-state index in [0.717, 1.165) is 11.1 Å². The average Bonchev–Trinajstić information content (AvgIpc) is 2.61. The Morgan fingerprint density at radius 3 is 2.33 bits per heavy atom. The predicted octanol–water partition coefficient (Wildman–Crippen LogP) is 3.65. The lowest BCUT2D eigenvalue weighted by Gasteiger charge is -2.14. The summed E-state index contributed by atoms with van der Waals surface area (Å²) in [6, 6.07) is 11.6. The molecule has 0 aliphatic carbocycles. The summed E-state index contributed by atoms with van der Waals surface area (Å²) in [6.45, 7) is 2.25. The molecule has 5 nitrogen and oxygen atoms in total. The monoisotopic (exact) mass is 379 g/mol. The van der Waals surface area contributed by atoms with Gasteiger partial charge in [-0.25, -0.2) is 0 Å². The van der Waals surface area contributed by atoms with Gasteiger partial charge in [-0.3, -0.25) is 9.59 Å². The largest absolute Gasteiger partial charge is 0.405 e. The fourth-order valence-electron chi connectivity index (χ4n) is 2.37. The van der Waals surface area contributed by atoms with Gasteiger partial charge in [-0.15, -0.1) is 0 Å². The number of carbonyl (C=O) groups is 2. The van der Waals surface area contributed by atoms with Crippen molar-refractivity contribution in [3.63, 3.8) is 0 Å². The predicted molar refractivity (Wildman–Crippen MR) is 97.9 cm³/mol. The van der Waals surface area contributed by atoms with Crippen LogP contribution in [0.5, 0.6) is 0 Å². The second-order valence-corrected chi connectivity index (χ2v) is 5.99. The Morgan fingerprint density at radius 2 is 1.63 bits per heavy atom. The van der Waals surface area contributed by atoms with Crippen molar-refractivity contribution in [3.8, 4) is 0 Å². The Hall–Kier alpha value is -3.03. The fourth-order valence-corrected chi connectivity index (χ4v) is 2.37. The van der Waals surface area contributed by atoms with Gasteiger partial charge in [0, 0.05) is 11.4 Å². The van der Waals surface area contributed by atoms with Crippen LogP contribution in [0.1, 0.15) is 21.5 Å². The van der Waals surface area contributed by atoms with Crippen LogP contribution in [0.3, 0.4) is 0 Å². The van der Waals surface area contributed by atoms with Crippen LogP contribution in [0.15, 0.2) is 42.5 Å². The van der Waals surface area contributed by atoms with Crippen LogP contribution >= 0.6 is 0 Å². The van der Waals surface area contributed by atoms with E-state index in [1.165, 1.54) is 18.2 Å². The first-order chi connectivity index (χ1) is 12.7. The molecule has 27 heavy (non-hydrogen) atoms. The van der Waals surface area contributed by atoms with Crippen LogP contribution < -0.4 is 16.0 Å². The highest BCUT2D eigenvalue weighted by atomic mass is 19.4. The number of anilines is 2. The molecule has 2 aromatic rings. The Morgan fingerprint density at radius 1 is 0.963 bits per heavy atom. The first-order valence-electron chi connectivity index (χ1n) is 8.21. The van der Waals surface area contributed by atoms with Gasteiger partial charge >= 0.3 is 6.18 Å². The van der Waals surface area contributed by atoms with E-state index in [0.29, 0.717) is 5.69 Å². The van der Waals surface area contributed by atoms with Gasteiger partial charge in [0.15, 0.2) is 0 Å². The van der Waals surface area contributed by atoms with E-state index in [2.05, 4.69) is 10.6 Å². The number of alkyl halides is 3. The Bertz CT molecular complexity index is 835. The molecule has 0 saturated carbocycles. The lowest BCUT2D eigenvalue weighted by molar-refractivity contribution is -0.123. The maximum Gasteiger partial charge on any atom is 0.405 e. The van der Waals surface area contributed by atoms with Crippen LogP contribution in [0.25, 0.3) is 0 Å². The summed E-state index contributed by atoms with van der Waals surface area (Å²) in [5.41, 5.74) is 2.96. The third kappa shape index (κ3) is 6.02. The van der Waals surface area contributed by atoms with Crippen LogP contribution in [-0.4, -0.2) is 31.1 Å². The van der Waals surface area contributed by atoms with Crippen molar-refractivity contribution < 1.29 is 22.8 Å². The molecule has 0 radical (unpaired) electrons. The van der Waals surface area contributed by atoms with Crippen molar-refractivity contribution in [2.45, 2.75) is 20.0 Å². The molecule has 0 aliphatic heterocycles. The van der Waals surface area contributed by atoms with Gasteiger partial charge < -0.3 is 16.0 Å². The van der Waals surface area contributed by atoms with Crippen molar-refractivity contribution in [3.05, 3.63) is 59.2 Å². The van der Waals surface area contributed by atoms with E-state index in [9.17, 15) is 22.8 Å². The lowest BCUT2D eigenvalue weighted by Crippen LogP contribution is -2.34. The van der Waals surface area contributed by atoms with Crippen molar-refractivity contribution in [2.24, 2.45) is 0 Å². The topological polar surface area (TPSA) is 70.2 Å². The molecule has 144 valence electrons. The number of nitrogens with one attached hydrogen (secondary N) is 3. The standard InChI is InChI=1S/C19H20F3N3O2/c1-12-6-5-9-15(13(12)2)25-17(26)10-23-16-8-4-3-7-14(16)18(27)24-11-19(20,21)22/h3-9,23H,10-11H2,1-2H3,(H,24,27)(H,25,26). The normalized spacial score (nSPS) is 11.0. The zero-order valence-corrected chi connectivity index (χ0v) is 14.9. The minimum atomic E-state index is -4.50. The molecule has 0 unspecified atom stereocenters. The number of halogens is 3. The molecular weight excluding hydrogens is 359 g/mol. The lowest BCUT2D eigenvalue weighted by atomic mass is 10.1. The third-order valence-electron chi connectivity index (χ3n) is 3.94. The highest BCUT2D eigenvalue weighted by Gasteiger charge is 2.28. The quantitative estimate of drug-likeness (QED) is 0.718. The maximum atomic E-state index is 12.3. The molecule has 8 heteroatoms. The molecular formula is C19H20F3N3O2. The Kier molecular flexibility index (Phi) is 6.44. The molecule has 0 spiro atoms. The van der Waals surface area contributed by atoms with E-state index < -0.39 is 18.6 Å². The number of para-hydroxylation sites is 1. The second-order valence-electron chi connectivity index (χ2n) is 5.99. The summed E-state index contributed by atoms with van der Waals surface area (Å²) in [5, 5.41) is 7.37. The molecule has 0 aliphatic rings. The van der Waals surface area contributed by atoms with Gasteiger partial charge in [0.25, 0.3) is 5.91 Å². The second kappa shape index (κ2) is 8.57. The molecule has 2 aromatic carbocycles. The third-order valence-corrected chi connectivity index (χ3v) is 3.94. The fraction of sp³-hybridized carbons (Fsp3) is 0.263. The summed E-state index contributed by atoms with van der Waals surface area (Å²) >= 11 is 0. The van der Waals surface area contributed by atoms with E-state index in [4.69, 9.17) is 0 Å². The van der Waals surface area contributed by atoms with Gasteiger partial charge in [0.05, 0.1) is 12.1 Å². The van der Waals surface area contributed by atoms with Gasteiger partial charge in [-0.2, -0.15) is 13.2 Å². The van der Waals surface area contributed by atoms with E-state index in [-0.39, 0.29) is 23.7 Å². The highest BCUT2D eigenvalue weighted by Crippen LogP contribution is 2.19. The molecule has 2 amide bonds. The molecule has 0 heterocycles. The smallest absolute Gasteiger partial charge is 0.376 e. The number of rotatable bonds is 6. The van der Waals surface area contributed by atoms with Crippen LogP contribution in [-0.2, 0) is 4.79 Å². The molecule has 3 N–H and O–H groups in total. The van der Waals surface area contributed by atoms with Crippen LogP contribution in [0.2, 0.25) is 0 Å². The molecule has 0 atom stereocenters. The molecule has 2 rings (SSSR count). The molecule has 0 bridgehead atoms. The summed E-state index contributed by atoms with van der Waals surface area (Å²) in [6.07, 6.45) is -4.50. The minimum absolute atomic E-state index is 0.0290. The number of benzene rings is 2. The highest BCUT2D eigenvalue weighted by molar-refractivity contribution is 6.01. The van der Waals surface area contributed by atoms with Crippen LogP contribution in [0.4, 0.5) is 24.5 Å². The SMILES string of the molecule is Cc1cccc(NC(=O)CNc2ccccc2C(=O)NCC(F)(F)F)c1C. The summed E-state index contributed by atoms with van der Waals surface area (Å²) in [4.78, 5) is 24.1. The van der Waals surface area contributed by atoms with Crippen LogP contribution in [0, 0.1) is 13.8 Å².